The lowest BCUT2D eigenvalue weighted by Crippen LogP contribution is -2.61. The number of fused-ring (bicyclic) bond motifs is 1. The van der Waals surface area contributed by atoms with E-state index in [0.29, 0.717) is 12.0 Å². The Hall–Kier alpha value is -5.37. The molecule has 2 unspecified atom stereocenters. The highest BCUT2D eigenvalue weighted by atomic mass is 16.8. The van der Waals surface area contributed by atoms with Gasteiger partial charge in [0.2, 0.25) is 0 Å². The molecule has 1 amide bonds. The number of nitrogens with one attached hydrogen (secondary N) is 1. The number of amides is 1. The molecular formula is C51H69N5O13. The van der Waals surface area contributed by atoms with E-state index in [-0.39, 0.29) is 37.8 Å². The van der Waals surface area contributed by atoms with E-state index in [2.05, 4.69) is 20.3 Å². The van der Waals surface area contributed by atoms with Crippen molar-refractivity contribution in [2.45, 2.75) is 147 Å². The molecule has 0 radical (unpaired) electrons. The first-order chi connectivity index (χ1) is 32.7. The number of hydrogen-bond acceptors (Lipinski definition) is 17. The molecule has 0 aliphatic carbocycles. The Morgan fingerprint density at radius 1 is 1.00 bits per heavy atom. The number of aromatic nitrogens is 3. The first-order valence-electron chi connectivity index (χ1n) is 23.7. The van der Waals surface area contributed by atoms with Crippen LogP contribution in [0.1, 0.15) is 85.8 Å². The number of ether oxygens (including phenoxy) is 7. The maximum Gasteiger partial charge on any atom is 0.509 e. The Morgan fingerprint density at radius 2 is 1.72 bits per heavy atom. The van der Waals surface area contributed by atoms with Crippen LogP contribution in [0, 0.1) is 23.7 Å². The number of cyclic esters (lactones) is 1. The van der Waals surface area contributed by atoms with Crippen molar-refractivity contribution in [1.82, 2.24) is 25.2 Å². The molecule has 69 heavy (non-hydrogen) atoms. The second kappa shape index (κ2) is 23.0. The summed E-state index contributed by atoms with van der Waals surface area (Å²) in [6, 6.07) is 9.72. The topological polar surface area (TPSA) is 227 Å². The van der Waals surface area contributed by atoms with Gasteiger partial charge in [0.05, 0.1) is 36.1 Å². The minimum atomic E-state index is -1.81. The van der Waals surface area contributed by atoms with Crippen molar-refractivity contribution in [3.8, 4) is 11.3 Å². The largest absolute Gasteiger partial charge is 0.509 e. The Labute approximate surface area is 404 Å². The molecule has 15 atom stereocenters. The number of rotatable bonds is 13. The van der Waals surface area contributed by atoms with Crippen LogP contribution in [0.4, 0.5) is 9.59 Å². The highest BCUT2D eigenvalue weighted by Crippen LogP contribution is 2.42. The Morgan fingerprint density at radius 3 is 2.38 bits per heavy atom. The van der Waals surface area contributed by atoms with Gasteiger partial charge in [0.15, 0.2) is 18.2 Å². The second-order valence-electron chi connectivity index (χ2n) is 19.3. The molecule has 3 aliphatic heterocycles. The summed E-state index contributed by atoms with van der Waals surface area (Å²) in [4.78, 5) is 70.9. The molecule has 1 aromatic carbocycles. The number of likely N-dealkylation sites (N-methyl/N-ethyl adjacent to an activating group) is 1. The van der Waals surface area contributed by atoms with Crippen molar-refractivity contribution >= 4 is 30.1 Å². The van der Waals surface area contributed by atoms with E-state index in [9.17, 15) is 29.4 Å². The van der Waals surface area contributed by atoms with Crippen LogP contribution in [0.3, 0.4) is 0 Å². The molecule has 3 N–H and O–H groups in total. The van der Waals surface area contributed by atoms with Crippen molar-refractivity contribution in [2.75, 3.05) is 20.7 Å². The third kappa shape index (κ3) is 12.7. The molecule has 0 spiro atoms. The van der Waals surface area contributed by atoms with Gasteiger partial charge < -0.3 is 53.6 Å². The van der Waals surface area contributed by atoms with E-state index in [4.69, 9.17) is 33.2 Å². The summed E-state index contributed by atoms with van der Waals surface area (Å²) in [5.74, 6) is -5.00. The van der Waals surface area contributed by atoms with Gasteiger partial charge in [-0.1, -0.05) is 64.1 Å². The van der Waals surface area contributed by atoms with E-state index >= 15 is 0 Å². The smallest absolute Gasteiger partial charge is 0.458 e. The molecule has 0 bridgehead atoms. The van der Waals surface area contributed by atoms with Gasteiger partial charge in [0, 0.05) is 60.6 Å². The summed E-state index contributed by atoms with van der Waals surface area (Å²) in [6.07, 6.45) is 2.13. The van der Waals surface area contributed by atoms with Gasteiger partial charge in [0.1, 0.15) is 36.3 Å². The number of aliphatic hydroxyl groups excluding tert-OH is 2. The second-order valence-corrected chi connectivity index (χ2v) is 19.3. The number of nitrogens with zero attached hydrogens (tertiary/aromatic N) is 4. The number of carbonyl (C=O) groups excluding carboxylic acids is 4. The van der Waals surface area contributed by atoms with Gasteiger partial charge in [-0.3, -0.25) is 24.5 Å². The summed E-state index contributed by atoms with van der Waals surface area (Å²) in [7, 11) is 3.67. The molecule has 3 aliphatic rings. The number of esters is 1. The van der Waals surface area contributed by atoms with Crippen molar-refractivity contribution in [2.24, 2.45) is 23.7 Å². The lowest BCUT2D eigenvalue weighted by atomic mass is 9.73. The van der Waals surface area contributed by atoms with Crippen LogP contribution >= 0.6 is 0 Å². The zero-order chi connectivity index (χ0) is 50.2. The fraction of sp³-hybridized carbons (Fsp3) is 0.588. The van der Waals surface area contributed by atoms with Crippen LogP contribution < -0.4 is 5.32 Å². The number of ketones is 1. The number of alkyl carbamates (subject to hydrolysis) is 1. The Bertz CT molecular complexity index is 2220. The van der Waals surface area contributed by atoms with Crippen molar-refractivity contribution < 1.29 is 62.5 Å². The molecule has 376 valence electrons. The molecule has 3 aromatic rings. The maximum atomic E-state index is 14.7. The average Bonchev–Trinajstić information content (AvgIpc) is 3.64. The number of carbonyl (C=O) groups is 4. The SMILES string of the molecule is CC[C@H]1OC(=O)[C@H](C)[C@@H](OC(O)Cc2cccnc2)[C@H](C)[C@@H](O[C@@H]2O[C@H](C)CC(N(C)C)[C@H]2O)[C@](C)(OC(=O)OC/C=C/c2ccc(-c3cnccn3)cc2)C[C@@H](C)C(=O)[C@H](C)[C@H]2NC(=O)O[C@@]21C. The first kappa shape index (κ1) is 53.0. The predicted molar refractivity (Wildman–Crippen MR) is 252 cm³/mol. The van der Waals surface area contributed by atoms with E-state index < -0.39 is 102 Å². The molecule has 18 nitrogen and oxygen atoms in total. The van der Waals surface area contributed by atoms with Gasteiger partial charge in [-0.15, -0.1) is 0 Å². The van der Waals surface area contributed by atoms with E-state index in [1.165, 1.54) is 0 Å². The normalized spacial score (nSPS) is 34.0. The fourth-order valence-corrected chi connectivity index (χ4v) is 10.2. The van der Waals surface area contributed by atoms with Gasteiger partial charge in [-0.25, -0.2) is 9.59 Å². The summed E-state index contributed by atoms with van der Waals surface area (Å²) in [5.41, 5.74) is -0.207. The van der Waals surface area contributed by atoms with E-state index in [0.717, 1.165) is 16.8 Å². The molecular weight excluding hydrogens is 891 g/mol. The Kier molecular flexibility index (Phi) is 17.7. The highest BCUT2D eigenvalue weighted by molar-refractivity contribution is 5.85. The van der Waals surface area contributed by atoms with Crippen LogP contribution in [-0.4, -0.2) is 141 Å². The molecule has 18 heteroatoms. The predicted octanol–water partition coefficient (Wildman–Crippen LogP) is 5.93. The summed E-state index contributed by atoms with van der Waals surface area (Å²) >= 11 is 0. The Balaban J connectivity index is 1.40. The van der Waals surface area contributed by atoms with Crippen LogP contribution in [0.25, 0.3) is 17.3 Å². The standard InChI is InChI=1S/C51H69N5O13/c1-11-39-51(8)44(55-48(61)68-51)31(4)41(58)29(2)26-50(7,69-49(62)63-23-13-15-34-16-18-36(19-17-34)37-28-53-21-22-54-37)45(67-47-42(59)38(56(9)10)24-30(3)64-47)32(5)43(33(6)46(60)65-39)66-40(57)25-35-14-12-20-52-27-35/h12-22,27-33,38-40,42-45,47,57,59H,11,23-26H2,1-10H3,(H,55,61)/b15-13+/t29-,30-,31+,32+,33-,38?,39-,40?,42-,43+,44-,45-,47+,50-,51-/m1/s1. The number of benzene rings is 1. The molecule has 3 fully saturated rings. The van der Waals surface area contributed by atoms with E-state index in [1.54, 1.807) is 104 Å². The average molecular weight is 960 g/mol. The third-order valence-corrected chi connectivity index (χ3v) is 13.8. The van der Waals surface area contributed by atoms with Crippen LogP contribution in [0.2, 0.25) is 0 Å². The van der Waals surface area contributed by atoms with Crippen LogP contribution in [-0.2, 0) is 49.2 Å². The molecule has 6 rings (SSSR count). The minimum absolute atomic E-state index is 0.0152. The van der Waals surface area contributed by atoms with Crippen LogP contribution in [0.15, 0.2) is 73.5 Å². The first-order valence-corrected chi connectivity index (χ1v) is 23.7. The van der Waals surface area contributed by atoms with E-state index in [1.807, 2.05) is 50.2 Å². The molecule has 0 saturated carbocycles. The minimum Gasteiger partial charge on any atom is -0.458 e. The highest BCUT2D eigenvalue weighted by Gasteiger charge is 2.58. The van der Waals surface area contributed by atoms with Crippen molar-refractivity contribution in [3.63, 3.8) is 0 Å². The number of pyridine rings is 1. The monoisotopic (exact) mass is 959 g/mol. The maximum absolute atomic E-state index is 14.7. The molecule has 5 heterocycles. The number of aliphatic hydroxyl groups is 2. The summed E-state index contributed by atoms with van der Waals surface area (Å²) in [5, 5.41) is 26.3. The fourth-order valence-electron chi connectivity index (χ4n) is 10.2. The van der Waals surface area contributed by atoms with Gasteiger partial charge in [-0.2, -0.15) is 0 Å². The lowest BCUT2D eigenvalue weighted by molar-refractivity contribution is -0.303. The zero-order valence-electron chi connectivity index (χ0n) is 41.2. The van der Waals surface area contributed by atoms with Crippen LogP contribution in [0.5, 0.6) is 0 Å². The molecule has 3 saturated heterocycles. The van der Waals surface area contributed by atoms with Crippen molar-refractivity contribution in [3.05, 3.63) is 84.6 Å². The molecule has 2 aromatic heterocycles. The summed E-state index contributed by atoms with van der Waals surface area (Å²) in [6.45, 7) is 13.3. The number of hydrogen-bond donors (Lipinski definition) is 3. The van der Waals surface area contributed by atoms with Gasteiger partial charge in [-0.05, 0) is 84.3 Å². The van der Waals surface area contributed by atoms with Gasteiger partial charge >= 0.3 is 18.2 Å². The quantitative estimate of drug-likeness (QED) is 0.103. The van der Waals surface area contributed by atoms with Crippen molar-refractivity contribution in [1.29, 1.82) is 0 Å². The lowest BCUT2D eigenvalue weighted by Gasteiger charge is -2.48. The number of Topliss-reactive ketones (excluding diaryl/α,β-unsaturated/α-hetero) is 1. The summed E-state index contributed by atoms with van der Waals surface area (Å²) < 4.78 is 43.8. The third-order valence-electron chi connectivity index (χ3n) is 13.8. The van der Waals surface area contributed by atoms with Gasteiger partial charge in [0.25, 0.3) is 0 Å². The zero-order valence-corrected chi connectivity index (χ0v) is 41.2.